The maximum atomic E-state index is 11.5. The highest BCUT2D eigenvalue weighted by Crippen LogP contribution is 2.14. The van der Waals surface area contributed by atoms with Crippen LogP contribution in [0.3, 0.4) is 0 Å². The molecule has 0 saturated carbocycles. The SMILES string of the molecule is C=C(C)C(=O)O/C=C(/CCC)OCCCCCCCCCCCCCCCCCC. The standard InChI is InChI=1S/C27H50O3/c1-5-7-8-9-10-11-12-13-14-15-16-17-18-19-20-21-23-29-26(22-6-2)24-30-27(28)25(3)4/h24H,3,5-23H2,1-2,4H3/b26-24-. The fraction of sp³-hybridized carbons (Fsp3) is 0.815. The van der Waals surface area contributed by atoms with Gasteiger partial charge >= 0.3 is 5.97 Å². The number of unbranched alkanes of at least 4 members (excludes halogenated alkanes) is 15. The molecule has 0 aromatic rings. The Morgan fingerprint density at radius 1 is 0.700 bits per heavy atom. The highest BCUT2D eigenvalue weighted by Gasteiger charge is 2.04. The van der Waals surface area contributed by atoms with Gasteiger partial charge in [-0.2, -0.15) is 0 Å². The predicted molar refractivity (Wildman–Crippen MR) is 129 cm³/mol. The van der Waals surface area contributed by atoms with Crippen LogP contribution in [0.15, 0.2) is 24.2 Å². The van der Waals surface area contributed by atoms with Crippen LogP contribution in [0.5, 0.6) is 0 Å². The Bertz CT molecular complexity index is 439. The number of carbonyl (C=O) groups is 1. The topological polar surface area (TPSA) is 35.5 Å². The first kappa shape index (κ1) is 28.8. The molecule has 0 aliphatic rings. The van der Waals surface area contributed by atoms with Gasteiger partial charge in [-0.1, -0.05) is 117 Å². The van der Waals surface area contributed by atoms with Crippen molar-refractivity contribution in [3.63, 3.8) is 0 Å². The largest absolute Gasteiger partial charge is 0.495 e. The third-order valence-electron chi connectivity index (χ3n) is 5.43. The van der Waals surface area contributed by atoms with Crippen LogP contribution in [0.2, 0.25) is 0 Å². The van der Waals surface area contributed by atoms with E-state index in [1.807, 2.05) is 0 Å². The number of ether oxygens (including phenoxy) is 2. The molecule has 0 aromatic heterocycles. The molecule has 0 fully saturated rings. The molecular weight excluding hydrogens is 372 g/mol. The monoisotopic (exact) mass is 422 g/mol. The van der Waals surface area contributed by atoms with E-state index in [9.17, 15) is 4.79 Å². The Morgan fingerprint density at radius 2 is 1.13 bits per heavy atom. The predicted octanol–water partition coefficient (Wildman–Crippen LogP) is 9.03. The maximum Gasteiger partial charge on any atom is 0.338 e. The zero-order chi connectivity index (χ0) is 22.3. The van der Waals surface area contributed by atoms with Gasteiger partial charge in [0.2, 0.25) is 0 Å². The number of allylic oxidation sites excluding steroid dienone is 1. The van der Waals surface area contributed by atoms with Gasteiger partial charge in [0.1, 0.15) is 12.0 Å². The zero-order valence-corrected chi connectivity index (χ0v) is 20.4. The molecule has 176 valence electrons. The number of hydrogen-bond donors (Lipinski definition) is 0. The van der Waals surface area contributed by atoms with Gasteiger partial charge in [-0.05, 0) is 19.8 Å². The summed E-state index contributed by atoms with van der Waals surface area (Å²) in [5.74, 6) is 0.364. The highest BCUT2D eigenvalue weighted by molar-refractivity contribution is 5.87. The Balaban J connectivity index is 3.44. The van der Waals surface area contributed by atoms with Gasteiger partial charge < -0.3 is 9.47 Å². The number of esters is 1. The van der Waals surface area contributed by atoms with Crippen molar-refractivity contribution in [3.8, 4) is 0 Å². The lowest BCUT2D eigenvalue weighted by Gasteiger charge is -2.10. The van der Waals surface area contributed by atoms with Gasteiger partial charge in [-0.15, -0.1) is 0 Å². The summed E-state index contributed by atoms with van der Waals surface area (Å²) < 4.78 is 10.9. The van der Waals surface area contributed by atoms with Crippen molar-refractivity contribution in [2.24, 2.45) is 0 Å². The molecule has 30 heavy (non-hydrogen) atoms. The summed E-state index contributed by atoms with van der Waals surface area (Å²) in [7, 11) is 0. The van der Waals surface area contributed by atoms with Gasteiger partial charge in [0, 0.05) is 12.0 Å². The summed E-state index contributed by atoms with van der Waals surface area (Å²) in [5, 5.41) is 0. The fourth-order valence-corrected chi connectivity index (χ4v) is 3.48. The summed E-state index contributed by atoms with van der Waals surface area (Å²) in [5.41, 5.74) is 0.403. The molecule has 0 radical (unpaired) electrons. The van der Waals surface area contributed by atoms with E-state index >= 15 is 0 Å². The third-order valence-corrected chi connectivity index (χ3v) is 5.43. The van der Waals surface area contributed by atoms with Crippen LogP contribution in [-0.4, -0.2) is 12.6 Å². The minimum Gasteiger partial charge on any atom is -0.495 e. The lowest BCUT2D eigenvalue weighted by molar-refractivity contribution is -0.133. The van der Waals surface area contributed by atoms with Crippen LogP contribution in [0.25, 0.3) is 0 Å². The number of carbonyl (C=O) groups excluding carboxylic acids is 1. The van der Waals surface area contributed by atoms with Crippen molar-refractivity contribution >= 4 is 5.97 Å². The zero-order valence-electron chi connectivity index (χ0n) is 20.4. The molecule has 0 rings (SSSR count). The van der Waals surface area contributed by atoms with Gasteiger partial charge in [0.25, 0.3) is 0 Å². The Labute approximate surface area is 187 Å². The minimum atomic E-state index is -0.394. The molecule has 3 heteroatoms. The van der Waals surface area contributed by atoms with Gasteiger partial charge in [-0.25, -0.2) is 4.79 Å². The molecule has 0 aliphatic heterocycles. The molecule has 0 aliphatic carbocycles. The van der Waals surface area contributed by atoms with Gasteiger partial charge in [-0.3, -0.25) is 0 Å². The molecule has 3 nitrogen and oxygen atoms in total. The summed E-state index contributed by atoms with van der Waals surface area (Å²) in [4.78, 5) is 11.5. The second-order valence-electron chi connectivity index (χ2n) is 8.67. The van der Waals surface area contributed by atoms with Crippen molar-refractivity contribution in [2.45, 2.75) is 136 Å². The smallest absolute Gasteiger partial charge is 0.338 e. The van der Waals surface area contributed by atoms with E-state index in [0.717, 1.165) is 25.0 Å². The van der Waals surface area contributed by atoms with E-state index < -0.39 is 5.97 Å². The van der Waals surface area contributed by atoms with E-state index in [2.05, 4.69) is 20.4 Å². The second kappa shape index (κ2) is 22.4. The maximum absolute atomic E-state index is 11.5. The van der Waals surface area contributed by atoms with Crippen molar-refractivity contribution in [1.82, 2.24) is 0 Å². The van der Waals surface area contributed by atoms with Crippen molar-refractivity contribution in [1.29, 1.82) is 0 Å². The minimum absolute atomic E-state index is 0.394. The molecule has 0 unspecified atom stereocenters. The Hall–Kier alpha value is -1.25. The van der Waals surface area contributed by atoms with E-state index in [-0.39, 0.29) is 0 Å². The summed E-state index contributed by atoms with van der Waals surface area (Å²) in [6, 6.07) is 0. The molecule has 0 bridgehead atoms. The van der Waals surface area contributed by atoms with Gasteiger partial charge in [0.15, 0.2) is 0 Å². The van der Waals surface area contributed by atoms with Crippen LogP contribution >= 0.6 is 0 Å². The average Bonchev–Trinajstić information content (AvgIpc) is 2.73. The molecule has 0 amide bonds. The van der Waals surface area contributed by atoms with Crippen molar-refractivity contribution < 1.29 is 14.3 Å². The molecule has 0 spiro atoms. The van der Waals surface area contributed by atoms with Crippen LogP contribution in [0.1, 0.15) is 136 Å². The molecule has 0 saturated heterocycles. The summed E-state index contributed by atoms with van der Waals surface area (Å²) >= 11 is 0. The van der Waals surface area contributed by atoms with Crippen LogP contribution in [0.4, 0.5) is 0 Å². The van der Waals surface area contributed by atoms with E-state index in [1.54, 1.807) is 6.92 Å². The van der Waals surface area contributed by atoms with E-state index in [0.29, 0.717) is 12.2 Å². The normalized spacial score (nSPS) is 11.5. The Kier molecular flexibility index (Phi) is 21.5. The van der Waals surface area contributed by atoms with Crippen molar-refractivity contribution in [3.05, 3.63) is 24.2 Å². The Morgan fingerprint density at radius 3 is 1.53 bits per heavy atom. The summed E-state index contributed by atoms with van der Waals surface area (Å²) in [6.07, 6.45) is 25.1. The first-order valence-corrected chi connectivity index (χ1v) is 12.8. The van der Waals surface area contributed by atoms with Crippen LogP contribution in [0, 0.1) is 0 Å². The molecule has 0 N–H and O–H groups in total. The quantitative estimate of drug-likeness (QED) is 0.0755. The lowest BCUT2D eigenvalue weighted by Crippen LogP contribution is -2.02. The number of rotatable bonds is 22. The van der Waals surface area contributed by atoms with E-state index in [1.165, 1.54) is 103 Å². The first-order chi connectivity index (χ1) is 14.6. The van der Waals surface area contributed by atoms with Gasteiger partial charge in [0.05, 0.1) is 6.61 Å². The second-order valence-corrected chi connectivity index (χ2v) is 8.67. The van der Waals surface area contributed by atoms with Crippen LogP contribution in [-0.2, 0) is 14.3 Å². The third kappa shape index (κ3) is 20.0. The first-order valence-electron chi connectivity index (χ1n) is 12.8. The van der Waals surface area contributed by atoms with Crippen LogP contribution < -0.4 is 0 Å². The number of hydrogen-bond acceptors (Lipinski definition) is 3. The average molecular weight is 423 g/mol. The van der Waals surface area contributed by atoms with E-state index in [4.69, 9.17) is 9.47 Å². The lowest BCUT2D eigenvalue weighted by atomic mass is 10.0. The fourth-order valence-electron chi connectivity index (χ4n) is 3.48. The molecule has 0 atom stereocenters. The molecular formula is C27H50O3. The molecule has 0 aromatic carbocycles. The van der Waals surface area contributed by atoms with Crippen molar-refractivity contribution in [2.75, 3.05) is 6.61 Å². The molecule has 0 heterocycles. The summed E-state index contributed by atoms with van der Waals surface area (Å²) in [6.45, 7) is 10.3. The highest BCUT2D eigenvalue weighted by atomic mass is 16.5.